The number of ether oxygens (including phenoxy) is 2. The van der Waals surface area contributed by atoms with Crippen molar-refractivity contribution < 1.29 is 19.3 Å². The van der Waals surface area contributed by atoms with Gasteiger partial charge in [0.1, 0.15) is 0 Å². The maximum atomic E-state index is 11.6. The predicted octanol–water partition coefficient (Wildman–Crippen LogP) is 1.61. The molecule has 1 unspecified atom stereocenters. The lowest BCUT2D eigenvalue weighted by Gasteiger charge is -2.14. The molecule has 1 heterocycles. The summed E-state index contributed by atoms with van der Waals surface area (Å²) in [6, 6.07) is 10.3. The van der Waals surface area contributed by atoms with E-state index in [2.05, 4.69) is 0 Å². The number of methoxy groups -OCH3 is 2. The number of hydrogen-bond donors (Lipinski definition) is 1. The molecule has 1 aromatic heterocycles. The molecule has 0 radical (unpaired) electrons. The number of nitrogens with zero attached hydrogens (tertiary/aromatic N) is 1. The Labute approximate surface area is 117 Å². The molecule has 5 heteroatoms. The van der Waals surface area contributed by atoms with Crippen molar-refractivity contribution in [2.24, 2.45) is 0 Å². The third-order valence-electron chi connectivity index (χ3n) is 3.10. The average Bonchev–Trinajstić information content (AvgIpc) is 2.48. The summed E-state index contributed by atoms with van der Waals surface area (Å²) in [5.74, 6) is 1.15. The molecule has 0 bridgehead atoms. The number of aliphatic hydroxyl groups is 1. The number of aromatic nitrogens is 1. The highest BCUT2D eigenvalue weighted by Gasteiger charge is 2.16. The number of aliphatic hydroxyl groups excluding tert-OH is 1. The van der Waals surface area contributed by atoms with Crippen LogP contribution in [0.2, 0.25) is 0 Å². The highest BCUT2D eigenvalue weighted by Crippen LogP contribution is 2.30. The number of benzene rings is 1. The van der Waals surface area contributed by atoms with Crippen molar-refractivity contribution in [3.8, 4) is 11.5 Å². The van der Waals surface area contributed by atoms with Gasteiger partial charge in [-0.15, -0.1) is 0 Å². The minimum atomic E-state index is -0.780. The second kappa shape index (κ2) is 6.25. The van der Waals surface area contributed by atoms with Crippen molar-refractivity contribution in [1.82, 2.24) is 0 Å². The average molecular weight is 275 g/mol. The maximum Gasteiger partial charge on any atom is 0.195 e. The summed E-state index contributed by atoms with van der Waals surface area (Å²) < 4.78 is 11.1. The second-order valence-electron chi connectivity index (χ2n) is 4.35. The highest BCUT2D eigenvalue weighted by molar-refractivity contribution is 5.43. The van der Waals surface area contributed by atoms with Gasteiger partial charge in [0.25, 0.3) is 0 Å². The molecule has 1 aromatic carbocycles. The van der Waals surface area contributed by atoms with Gasteiger partial charge < -0.3 is 19.8 Å². The van der Waals surface area contributed by atoms with Crippen LogP contribution in [0.4, 0.5) is 0 Å². The fourth-order valence-corrected chi connectivity index (χ4v) is 2.00. The fraction of sp³-hybridized carbons (Fsp3) is 0.267. The van der Waals surface area contributed by atoms with Crippen molar-refractivity contribution in [2.75, 3.05) is 14.2 Å². The van der Waals surface area contributed by atoms with Crippen LogP contribution >= 0.6 is 0 Å². The molecule has 2 rings (SSSR count). The second-order valence-corrected chi connectivity index (χ2v) is 4.35. The normalized spacial score (nSPS) is 11.9. The lowest BCUT2D eigenvalue weighted by molar-refractivity contribution is -0.614. The Morgan fingerprint density at radius 2 is 1.90 bits per heavy atom. The first kappa shape index (κ1) is 14.1. The zero-order valence-corrected chi connectivity index (χ0v) is 11.4. The van der Waals surface area contributed by atoms with Crippen LogP contribution in [-0.4, -0.2) is 19.3 Å². The SMILES string of the molecule is COc1ccc(C(O)Cc2cccc[n+]2[O-])cc1OC. The number of rotatable bonds is 5. The summed E-state index contributed by atoms with van der Waals surface area (Å²) in [6.45, 7) is 0. The molecule has 0 saturated carbocycles. The molecule has 0 aliphatic heterocycles. The van der Waals surface area contributed by atoms with E-state index in [-0.39, 0.29) is 6.42 Å². The van der Waals surface area contributed by atoms with Gasteiger partial charge in [-0.2, -0.15) is 4.73 Å². The summed E-state index contributed by atoms with van der Waals surface area (Å²) in [5, 5.41) is 21.8. The van der Waals surface area contributed by atoms with Crippen molar-refractivity contribution >= 4 is 0 Å². The Morgan fingerprint density at radius 3 is 2.55 bits per heavy atom. The molecule has 1 atom stereocenters. The predicted molar refractivity (Wildman–Crippen MR) is 73.6 cm³/mol. The molecule has 0 amide bonds. The summed E-state index contributed by atoms with van der Waals surface area (Å²) in [4.78, 5) is 0. The van der Waals surface area contributed by atoms with Gasteiger partial charge in [-0.25, -0.2) is 0 Å². The Balaban J connectivity index is 2.21. The fourth-order valence-electron chi connectivity index (χ4n) is 2.00. The van der Waals surface area contributed by atoms with E-state index in [0.717, 1.165) is 4.73 Å². The lowest BCUT2D eigenvalue weighted by atomic mass is 10.0. The molecule has 0 aliphatic rings. The van der Waals surface area contributed by atoms with E-state index in [4.69, 9.17) is 9.47 Å². The van der Waals surface area contributed by atoms with Gasteiger partial charge >= 0.3 is 0 Å². The van der Waals surface area contributed by atoms with Gasteiger partial charge in [-0.3, -0.25) is 0 Å². The van der Waals surface area contributed by atoms with Crippen LogP contribution < -0.4 is 14.2 Å². The molecule has 2 aromatic rings. The van der Waals surface area contributed by atoms with E-state index < -0.39 is 6.10 Å². The van der Waals surface area contributed by atoms with Gasteiger partial charge in [-0.05, 0) is 17.7 Å². The zero-order chi connectivity index (χ0) is 14.5. The summed E-state index contributed by atoms with van der Waals surface area (Å²) in [7, 11) is 3.09. The monoisotopic (exact) mass is 275 g/mol. The van der Waals surface area contributed by atoms with E-state index in [1.807, 2.05) is 0 Å². The lowest BCUT2D eigenvalue weighted by Crippen LogP contribution is -2.31. The minimum Gasteiger partial charge on any atom is -0.619 e. The molecule has 0 saturated heterocycles. The van der Waals surface area contributed by atoms with Crippen LogP contribution in [-0.2, 0) is 6.42 Å². The van der Waals surface area contributed by atoms with Crippen LogP contribution in [0.3, 0.4) is 0 Å². The van der Waals surface area contributed by atoms with Crippen LogP contribution in [0.1, 0.15) is 17.4 Å². The molecule has 106 valence electrons. The summed E-state index contributed by atoms with van der Waals surface area (Å²) >= 11 is 0. The number of hydrogen-bond acceptors (Lipinski definition) is 4. The van der Waals surface area contributed by atoms with E-state index in [1.165, 1.54) is 13.3 Å². The molecule has 1 N–H and O–H groups in total. The molecule has 0 spiro atoms. The molecule has 0 aliphatic carbocycles. The quantitative estimate of drug-likeness (QED) is 0.665. The third-order valence-corrected chi connectivity index (χ3v) is 3.10. The van der Waals surface area contributed by atoms with E-state index in [0.29, 0.717) is 22.8 Å². The molecule has 20 heavy (non-hydrogen) atoms. The first-order valence-corrected chi connectivity index (χ1v) is 6.22. The van der Waals surface area contributed by atoms with Gasteiger partial charge in [0, 0.05) is 12.1 Å². The molecular formula is C15H17NO4. The third kappa shape index (κ3) is 3.00. The van der Waals surface area contributed by atoms with Crippen molar-refractivity contribution in [3.63, 3.8) is 0 Å². The minimum absolute atomic E-state index is 0.236. The van der Waals surface area contributed by atoms with E-state index in [9.17, 15) is 10.3 Å². The largest absolute Gasteiger partial charge is 0.619 e. The summed E-state index contributed by atoms with van der Waals surface area (Å²) in [6.07, 6.45) is 0.869. The van der Waals surface area contributed by atoms with Crippen LogP contribution in [0.25, 0.3) is 0 Å². The molecular weight excluding hydrogens is 258 g/mol. The molecule has 5 nitrogen and oxygen atoms in total. The van der Waals surface area contributed by atoms with Crippen molar-refractivity contribution in [1.29, 1.82) is 0 Å². The molecule has 0 fully saturated rings. The topological polar surface area (TPSA) is 65.6 Å². The summed E-state index contributed by atoms with van der Waals surface area (Å²) in [5.41, 5.74) is 1.18. The van der Waals surface area contributed by atoms with Crippen LogP contribution in [0.5, 0.6) is 11.5 Å². The first-order chi connectivity index (χ1) is 9.65. The van der Waals surface area contributed by atoms with E-state index >= 15 is 0 Å². The zero-order valence-electron chi connectivity index (χ0n) is 11.4. The van der Waals surface area contributed by atoms with Gasteiger partial charge in [0.2, 0.25) is 0 Å². The van der Waals surface area contributed by atoms with Crippen LogP contribution in [0, 0.1) is 5.21 Å². The van der Waals surface area contributed by atoms with Gasteiger partial charge in [0.15, 0.2) is 23.4 Å². The van der Waals surface area contributed by atoms with Crippen molar-refractivity contribution in [2.45, 2.75) is 12.5 Å². The Morgan fingerprint density at radius 1 is 1.15 bits per heavy atom. The van der Waals surface area contributed by atoms with Crippen molar-refractivity contribution in [3.05, 3.63) is 59.1 Å². The van der Waals surface area contributed by atoms with Gasteiger partial charge in [0.05, 0.1) is 26.7 Å². The Kier molecular flexibility index (Phi) is 4.42. The highest BCUT2D eigenvalue weighted by atomic mass is 16.5. The van der Waals surface area contributed by atoms with Gasteiger partial charge in [-0.1, -0.05) is 12.1 Å². The maximum absolute atomic E-state index is 11.6. The van der Waals surface area contributed by atoms with E-state index in [1.54, 1.807) is 43.5 Å². The Bertz CT molecular complexity index is 586. The smallest absolute Gasteiger partial charge is 0.195 e. The standard InChI is InChI=1S/C15H17NO4/c1-19-14-7-6-11(9-15(14)20-2)13(17)10-12-5-3-4-8-16(12)18/h3-9,13,17H,10H2,1-2H3. The van der Waals surface area contributed by atoms with Crippen LogP contribution in [0.15, 0.2) is 42.6 Å². The number of pyridine rings is 1. The Hall–Kier alpha value is -2.27. The first-order valence-electron chi connectivity index (χ1n) is 6.22.